The Morgan fingerprint density at radius 2 is 1.69 bits per heavy atom. The highest BCUT2D eigenvalue weighted by Gasteiger charge is 2.13. The normalized spacial score (nSPS) is 11.6. The van der Waals surface area contributed by atoms with E-state index in [9.17, 15) is 4.79 Å². The second kappa shape index (κ2) is 7.11. The minimum Gasteiger partial charge on any atom is -0.303 e. The Balaban J connectivity index is 3.20. The summed E-state index contributed by atoms with van der Waals surface area (Å²) >= 11 is 0. The Kier molecular flexibility index (Phi) is 6.93. The lowest BCUT2D eigenvalue weighted by molar-refractivity contribution is -0.107. The molecule has 0 aliphatic carbocycles. The van der Waals surface area contributed by atoms with Crippen molar-refractivity contribution in [1.29, 1.82) is 0 Å². The molecule has 0 aromatic carbocycles. The number of unbranched alkanes of at least 4 members (excludes halogenated alkanes) is 4. The Hall–Kier alpha value is -0.330. The molecule has 0 rings (SSSR count). The summed E-state index contributed by atoms with van der Waals surface area (Å²) in [5.41, 5.74) is 0.519. The highest BCUT2D eigenvalue weighted by Crippen LogP contribution is 2.27. The first kappa shape index (κ1) is 12.7. The SMILES string of the molecule is CCC(C)(C)CCCCCCC=O. The van der Waals surface area contributed by atoms with E-state index in [0.717, 1.165) is 19.1 Å². The lowest BCUT2D eigenvalue weighted by atomic mass is 9.84. The van der Waals surface area contributed by atoms with Crippen molar-refractivity contribution in [2.24, 2.45) is 5.41 Å². The first-order valence-electron chi connectivity index (χ1n) is 5.56. The molecule has 78 valence electrons. The fraction of sp³-hybridized carbons (Fsp3) is 0.917. The van der Waals surface area contributed by atoms with Gasteiger partial charge in [0.2, 0.25) is 0 Å². The second-order valence-corrected chi connectivity index (χ2v) is 4.64. The van der Waals surface area contributed by atoms with Gasteiger partial charge in [-0.1, -0.05) is 46.5 Å². The monoisotopic (exact) mass is 184 g/mol. The molecule has 0 unspecified atom stereocenters. The van der Waals surface area contributed by atoms with Gasteiger partial charge in [0, 0.05) is 6.42 Å². The van der Waals surface area contributed by atoms with Crippen LogP contribution in [0.2, 0.25) is 0 Å². The largest absolute Gasteiger partial charge is 0.303 e. The molecule has 13 heavy (non-hydrogen) atoms. The second-order valence-electron chi connectivity index (χ2n) is 4.64. The molecule has 1 nitrogen and oxygen atoms in total. The van der Waals surface area contributed by atoms with Crippen molar-refractivity contribution in [1.82, 2.24) is 0 Å². The van der Waals surface area contributed by atoms with Gasteiger partial charge in [0.15, 0.2) is 0 Å². The highest BCUT2D eigenvalue weighted by molar-refractivity contribution is 5.48. The summed E-state index contributed by atoms with van der Waals surface area (Å²) in [6.45, 7) is 6.92. The number of aldehydes is 1. The summed E-state index contributed by atoms with van der Waals surface area (Å²) in [4.78, 5) is 10.0. The van der Waals surface area contributed by atoms with E-state index >= 15 is 0 Å². The van der Waals surface area contributed by atoms with Crippen LogP contribution < -0.4 is 0 Å². The number of rotatable bonds is 8. The molecule has 0 bridgehead atoms. The zero-order valence-electron chi connectivity index (χ0n) is 9.44. The van der Waals surface area contributed by atoms with Crippen molar-refractivity contribution in [2.75, 3.05) is 0 Å². The summed E-state index contributed by atoms with van der Waals surface area (Å²) < 4.78 is 0. The van der Waals surface area contributed by atoms with Gasteiger partial charge in [-0.2, -0.15) is 0 Å². The molecule has 0 radical (unpaired) electrons. The molecule has 0 fully saturated rings. The third kappa shape index (κ3) is 8.01. The third-order valence-corrected chi connectivity index (χ3v) is 2.88. The van der Waals surface area contributed by atoms with Gasteiger partial charge in [-0.3, -0.25) is 0 Å². The summed E-state index contributed by atoms with van der Waals surface area (Å²) in [6, 6.07) is 0. The van der Waals surface area contributed by atoms with Crippen LogP contribution in [0.4, 0.5) is 0 Å². The molecule has 0 amide bonds. The van der Waals surface area contributed by atoms with E-state index in [1.807, 2.05) is 0 Å². The predicted molar refractivity (Wildman–Crippen MR) is 57.8 cm³/mol. The van der Waals surface area contributed by atoms with E-state index in [-0.39, 0.29) is 0 Å². The predicted octanol–water partition coefficient (Wildman–Crippen LogP) is 3.96. The van der Waals surface area contributed by atoms with Crippen LogP contribution in [0, 0.1) is 5.41 Å². The maximum Gasteiger partial charge on any atom is 0.119 e. The van der Waals surface area contributed by atoms with E-state index < -0.39 is 0 Å². The van der Waals surface area contributed by atoms with Crippen LogP contribution in [0.5, 0.6) is 0 Å². The molecule has 0 aliphatic rings. The van der Waals surface area contributed by atoms with E-state index in [1.54, 1.807) is 0 Å². The Labute approximate surface area is 82.9 Å². The van der Waals surface area contributed by atoms with Crippen molar-refractivity contribution in [2.45, 2.75) is 65.7 Å². The molecule has 1 heteroatoms. The van der Waals surface area contributed by atoms with Crippen LogP contribution >= 0.6 is 0 Å². The average molecular weight is 184 g/mol. The number of carbonyl (C=O) groups is 1. The lowest BCUT2D eigenvalue weighted by Crippen LogP contribution is -2.08. The van der Waals surface area contributed by atoms with E-state index in [2.05, 4.69) is 20.8 Å². The van der Waals surface area contributed by atoms with Crippen LogP contribution in [-0.2, 0) is 4.79 Å². The van der Waals surface area contributed by atoms with E-state index in [1.165, 1.54) is 32.1 Å². The van der Waals surface area contributed by atoms with Crippen molar-refractivity contribution in [3.8, 4) is 0 Å². The zero-order valence-corrected chi connectivity index (χ0v) is 9.44. The molecule has 0 saturated carbocycles. The van der Waals surface area contributed by atoms with Crippen molar-refractivity contribution in [3.63, 3.8) is 0 Å². The molecular weight excluding hydrogens is 160 g/mol. The van der Waals surface area contributed by atoms with Gasteiger partial charge in [-0.25, -0.2) is 0 Å². The van der Waals surface area contributed by atoms with Crippen LogP contribution in [0.1, 0.15) is 65.7 Å². The van der Waals surface area contributed by atoms with Crippen LogP contribution in [0.25, 0.3) is 0 Å². The number of hydrogen-bond donors (Lipinski definition) is 0. The first-order valence-corrected chi connectivity index (χ1v) is 5.56. The quantitative estimate of drug-likeness (QED) is 0.412. The van der Waals surface area contributed by atoms with E-state index in [4.69, 9.17) is 0 Å². The molecule has 0 N–H and O–H groups in total. The smallest absolute Gasteiger partial charge is 0.119 e. The lowest BCUT2D eigenvalue weighted by Gasteiger charge is -2.22. The van der Waals surface area contributed by atoms with Crippen LogP contribution in [0.15, 0.2) is 0 Å². The summed E-state index contributed by atoms with van der Waals surface area (Å²) in [5, 5.41) is 0. The van der Waals surface area contributed by atoms with E-state index in [0.29, 0.717) is 5.41 Å². The zero-order chi connectivity index (χ0) is 10.2. The molecule has 0 saturated heterocycles. The summed E-state index contributed by atoms with van der Waals surface area (Å²) in [6.07, 6.45) is 9.27. The molecule has 0 spiro atoms. The highest BCUT2D eigenvalue weighted by atomic mass is 16.1. The number of hydrogen-bond acceptors (Lipinski definition) is 1. The molecule has 0 heterocycles. The minimum atomic E-state index is 0.519. The standard InChI is InChI=1S/C12H24O/c1-4-12(2,3)10-8-6-5-7-9-11-13/h11H,4-10H2,1-3H3. The number of carbonyl (C=O) groups excluding carboxylic acids is 1. The molecule has 0 aromatic rings. The van der Waals surface area contributed by atoms with Gasteiger partial charge in [-0.05, 0) is 18.3 Å². The van der Waals surface area contributed by atoms with Crippen molar-refractivity contribution in [3.05, 3.63) is 0 Å². The van der Waals surface area contributed by atoms with Gasteiger partial charge < -0.3 is 4.79 Å². The minimum absolute atomic E-state index is 0.519. The topological polar surface area (TPSA) is 17.1 Å². The molecule has 0 aliphatic heterocycles. The van der Waals surface area contributed by atoms with Gasteiger partial charge in [0.25, 0.3) is 0 Å². The summed E-state index contributed by atoms with van der Waals surface area (Å²) in [5.74, 6) is 0. The van der Waals surface area contributed by atoms with Crippen molar-refractivity contribution < 1.29 is 4.79 Å². The maximum atomic E-state index is 10.0. The summed E-state index contributed by atoms with van der Waals surface area (Å²) in [7, 11) is 0. The van der Waals surface area contributed by atoms with Crippen LogP contribution in [0.3, 0.4) is 0 Å². The maximum absolute atomic E-state index is 10.0. The average Bonchev–Trinajstić information content (AvgIpc) is 2.11. The van der Waals surface area contributed by atoms with Gasteiger partial charge in [0.1, 0.15) is 6.29 Å². The van der Waals surface area contributed by atoms with Gasteiger partial charge >= 0.3 is 0 Å². The molecular formula is C12H24O. The van der Waals surface area contributed by atoms with Crippen molar-refractivity contribution >= 4 is 6.29 Å². The Morgan fingerprint density at radius 1 is 1.08 bits per heavy atom. The fourth-order valence-electron chi connectivity index (χ4n) is 1.36. The third-order valence-electron chi connectivity index (χ3n) is 2.88. The van der Waals surface area contributed by atoms with Gasteiger partial charge in [0.05, 0.1) is 0 Å². The molecule has 0 atom stereocenters. The Bertz CT molecular complexity index is 127. The first-order chi connectivity index (χ1) is 6.12. The van der Waals surface area contributed by atoms with Crippen LogP contribution in [-0.4, -0.2) is 6.29 Å². The fourth-order valence-corrected chi connectivity index (χ4v) is 1.36. The molecule has 0 aromatic heterocycles. The Morgan fingerprint density at radius 3 is 2.23 bits per heavy atom. The van der Waals surface area contributed by atoms with Gasteiger partial charge in [-0.15, -0.1) is 0 Å².